The van der Waals surface area contributed by atoms with Crippen LogP contribution in [0.25, 0.3) is 6.08 Å². The van der Waals surface area contributed by atoms with Crippen LogP contribution in [0, 0.1) is 0 Å². The van der Waals surface area contributed by atoms with Crippen molar-refractivity contribution in [3.63, 3.8) is 0 Å². The molecule has 0 aromatic heterocycles. The summed E-state index contributed by atoms with van der Waals surface area (Å²) in [7, 11) is 0. The first-order valence-electron chi connectivity index (χ1n) is 8.67. The zero-order valence-corrected chi connectivity index (χ0v) is 15.0. The minimum absolute atomic E-state index is 0.0981. The maximum absolute atomic E-state index is 11.5. The summed E-state index contributed by atoms with van der Waals surface area (Å²) in [5, 5.41) is 2.53. The number of amides is 1. The number of nitrogens with one attached hydrogen (secondary N) is 1. The minimum Gasteiger partial charge on any atom is -0.494 e. The molecule has 1 N–H and O–H groups in total. The number of rotatable bonds is 10. The number of carbonyl (C=O) groups excluding carboxylic acids is 1. The lowest BCUT2D eigenvalue weighted by molar-refractivity contribution is -0.116. The van der Waals surface area contributed by atoms with E-state index < -0.39 is 0 Å². The highest BCUT2D eigenvalue weighted by atomic mass is 32.1. The largest absolute Gasteiger partial charge is 0.494 e. The lowest BCUT2D eigenvalue weighted by Gasteiger charge is -2.06. The average molecular weight is 347 g/mol. The molecule has 1 heterocycles. The van der Waals surface area contributed by atoms with E-state index in [9.17, 15) is 4.79 Å². The summed E-state index contributed by atoms with van der Waals surface area (Å²) in [4.78, 5) is 11.5. The van der Waals surface area contributed by atoms with E-state index >= 15 is 0 Å². The summed E-state index contributed by atoms with van der Waals surface area (Å²) in [5.74, 6) is 0.756. The van der Waals surface area contributed by atoms with Crippen LogP contribution < -0.4 is 10.1 Å². The van der Waals surface area contributed by atoms with Crippen LogP contribution in [0.3, 0.4) is 0 Å². The van der Waals surface area contributed by atoms with E-state index in [2.05, 4.69) is 12.2 Å². The number of benzene rings is 1. The van der Waals surface area contributed by atoms with Gasteiger partial charge in [0.15, 0.2) is 5.76 Å². The molecule has 130 valence electrons. The van der Waals surface area contributed by atoms with Gasteiger partial charge in [-0.3, -0.25) is 10.1 Å². The molecule has 1 fully saturated rings. The third kappa shape index (κ3) is 6.32. The van der Waals surface area contributed by atoms with Crippen molar-refractivity contribution in [3.8, 4) is 5.75 Å². The van der Waals surface area contributed by atoms with E-state index in [4.69, 9.17) is 21.7 Å². The predicted molar refractivity (Wildman–Crippen MR) is 99.7 cm³/mol. The Morgan fingerprint density at radius 1 is 1.08 bits per heavy atom. The summed E-state index contributed by atoms with van der Waals surface area (Å²) in [5.41, 5.74) is 0.869. The molecule has 1 aromatic carbocycles. The number of carbonyl (C=O) groups is 1. The monoisotopic (exact) mass is 347 g/mol. The van der Waals surface area contributed by atoms with Crippen molar-refractivity contribution in [1.82, 2.24) is 5.32 Å². The number of hydrogen-bond acceptors (Lipinski definition) is 4. The fourth-order valence-corrected chi connectivity index (χ4v) is 2.66. The molecule has 1 aromatic rings. The molecule has 1 saturated heterocycles. The Morgan fingerprint density at radius 2 is 1.75 bits per heavy atom. The Kier molecular flexibility index (Phi) is 7.75. The summed E-state index contributed by atoms with van der Waals surface area (Å²) in [6, 6.07) is 7.59. The Bertz CT molecular complexity index is 581. The lowest BCUT2D eigenvalue weighted by atomic mass is 10.1. The average Bonchev–Trinajstić information content (AvgIpc) is 2.89. The SMILES string of the molecule is CCCCCCCCCOc1ccc(C=C2OC(=S)NC2=O)cc1. The second kappa shape index (κ2) is 10.1. The van der Waals surface area contributed by atoms with Crippen LogP contribution in [0.1, 0.15) is 57.4 Å². The molecule has 24 heavy (non-hydrogen) atoms. The number of thiocarbonyl (C=S) groups is 1. The van der Waals surface area contributed by atoms with Gasteiger partial charge in [-0.1, -0.05) is 57.6 Å². The molecular weight excluding hydrogens is 322 g/mol. The second-order valence-electron chi connectivity index (χ2n) is 5.89. The summed E-state index contributed by atoms with van der Waals surface area (Å²) >= 11 is 4.79. The zero-order valence-electron chi connectivity index (χ0n) is 14.2. The van der Waals surface area contributed by atoms with Gasteiger partial charge in [0.1, 0.15) is 5.75 Å². The molecule has 1 aliphatic rings. The van der Waals surface area contributed by atoms with Gasteiger partial charge in [0, 0.05) is 0 Å². The van der Waals surface area contributed by atoms with Crippen LogP contribution in [-0.2, 0) is 9.53 Å². The normalized spacial score (nSPS) is 15.5. The van der Waals surface area contributed by atoms with E-state index in [0.717, 1.165) is 24.3 Å². The molecule has 0 atom stereocenters. The van der Waals surface area contributed by atoms with Gasteiger partial charge < -0.3 is 9.47 Å². The van der Waals surface area contributed by atoms with E-state index in [1.165, 1.54) is 38.5 Å². The number of ether oxygens (including phenoxy) is 2. The molecule has 0 radical (unpaired) electrons. The maximum Gasteiger partial charge on any atom is 0.294 e. The molecule has 5 heteroatoms. The highest BCUT2D eigenvalue weighted by Gasteiger charge is 2.22. The Morgan fingerprint density at radius 3 is 2.38 bits per heavy atom. The van der Waals surface area contributed by atoms with Gasteiger partial charge in [0.25, 0.3) is 11.1 Å². The van der Waals surface area contributed by atoms with Crippen molar-refractivity contribution in [3.05, 3.63) is 35.6 Å². The van der Waals surface area contributed by atoms with Crippen molar-refractivity contribution in [2.24, 2.45) is 0 Å². The first-order chi connectivity index (χ1) is 11.7. The minimum atomic E-state index is -0.306. The van der Waals surface area contributed by atoms with Crippen molar-refractivity contribution in [2.45, 2.75) is 51.9 Å². The molecule has 2 rings (SSSR count). The molecule has 0 aliphatic carbocycles. The third-order valence-electron chi connectivity index (χ3n) is 3.84. The standard InChI is InChI=1S/C19H25NO3S/c1-2-3-4-5-6-7-8-13-22-16-11-9-15(10-12-16)14-17-18(21)20-19(24)23-17/h9-12,14H,2-8,13H2,1H3,(H,20,21,24). The van der Waals surface area contributed by atoms with Crippen LogP contribution in [0.2, 0.25) is 0 Å². The molecular formula is C19H25NO3S. The van der Waals surface area contributed by atoms with E-state index in [1.54, 1.807) is 6.08 Å². The van der Waals surface area contributed by atoms with E-state index in [-0.39, 0.29) is 16.8 Å². The Balaban J connectivity index is 1.68. The molecule has 0 spiro atoms. The Hall–Kier alpha value is -1.88. The van der Waals surface area contributed by atoms with Crippen molar-refractivity contribution >= 4 is 29.4 Å². The number of hydrogen-bond donors (Lipinski definition) is 1. The molecule has 0 unspecified atom stereocenters. The summed E-state index contributed by atoms with van der Waals surface area (Å²) < 4.78 is 10.9. The van der Waals surface area contributed by atoms with Gasteiger partial charge in [-0.2, -0.15) is 0 Å². The third-order valence-corrected chi connectivity index (χ3v) is 4.02. The molecule has 0 bridgehead atoms. The van der Waals surface area contributed by atoms with Gasteiger partial charge in [-0.05, 0) is 42.4 Å². The predicted octanol–water partition coefficient (Wildman–Crippen LogP) is 4.59. The molecule has 4 nitrogen and oxygen atoms in total. The first kappa shape index (κ1) is 18.5. The van der Waals surface area contributed by atoms with Crippen molar-refractivity contribution in [2.75, 3.05) is 6.61 Å². The highest BCUT2D eigenvalue weighted by Crippen LogP contribution is 2.17. The quantitative estimate of drug-likeness (QED) is 0.382. The van der Waals surface area contributed by atoms with Crippen LogP contribution in [0.4, 0.5) is 0 Å². The fourth-order valence-electron chi connectivity index (χ4n) is 2.48. The molecule has 1 aliphatic heterocycles. The second-order valence-corrected chi connectivity index (χ2v) is 6.26. The summed E-state index contributed by atoms with van der Waals surface area (Å²) in [6.07, 6.45) is 10.6. The Labute approximate surface area is 149 Å². The van der Waals surface area contributed by atoms with Crippen LogP contribution in [0.15, 0.2) is 30.0 Å². The molecule has 1 amide bonds. The van der Waals surface area contributed by atoms with Gasteiger partial charge in [0.2, 0.25) is 0 Å². The van der Waals surface area contributed by atoms with Gasteiger partial charge >= 0.3 is 0 Å². The van der Waals surface area contributed by atoms with Gasteiger partial charge in [0.05, 0.1) is 6.61 Å². The van der Waals surface area contributed by atoms with Crippen molar-refractivity contribution in [1.29, 1.82) is 0 Å². The maximum atomic E-state index is 11.5. The van der Waals surface area contributed by atoms with Gasteiger partial charge in [-0.25, -0.2) is 0 Å². The summed E-state index contributed by atoms with van der Waals surface area (Å²) in [6.45, 7) is 2.98. The molecule has 0 saturated carbocycles. The van der Waals surface area contributed by atoms with Crippen molar-refractivity contribution < 1.29 is 14.3 Å². The zero-order chi connectivity index (χ0) is 17.2. The van der Waals surface area contributed by atoms with E-state index in [1.807, 2.05) is 24.3 Å². The van der Waals surface area contributed by atoms with Crippen LogP contribution in [0.5, 0.6) is 5.75 Å². The smallest absolute Gasteiger partial charge is 0.294 e. The topological polar surface area (TPSA) is 47.6 Å². The highest BCUT2D eigenvalue weighted by molar-refractivity contribution is 7.80. The van der Waals surface area contributed by atoms with E-state index in [0.29, 0.717) is 0 Å². The van der Waals surface area contributed by atoms with Crippen LogP contribution >= 0.6 is 12.2 Å². The van der Waals surface area contributed by atoms with Gasteiger partial charge in [-0.15, -0.1) is 0 Å². The number of unbranched alkanes of at least 4 members (excludes halogenated alkanes) is 6. The van der Waals surface area contributed by atoms with Crippen LogP contribution in [-0.4, -0.2) is 17.7 Å². The lowest BCUT2D eigenvalue weighted by Crippen LogP contribution is -2.18. The first-order valence-corrected chi connectivity index (χ1v) is 9.07. The fraction of sp³-hybridized carbons (Fsp3) is 0.474.